The summed E-state index contributed by atoms with van der Waals surface area (Å²) in [6.45, 7) is 1.88. The van der Waals surface area contributed by atoms with E-state index in [4.69, 9.17) is 4.74 Å². The van der Waals surface area contributed by atoms with Gasteiger partial charge in [0.2, 0.25) is 0 Å². The number of hydrogen-bond donors (Lipinski definition) is 0. The van der Waals surface area contributed by atoms with Crippen LogP contribution in [-0.2, 0) is 9.53 Å². The Balaban J connectivity index is 2.18. The fourth-order valence-electron chi connectivity index (χ4n) is 2.65. The first kappa shape index (κ1) is 10.3. The maximum Gasteiger partial charge on any atom is 0.343 e. The van der Waals surface area contributed by atoms with E-state index >= 15 is 0 Å². The number of carbonyl (C=O) groups is 1. The zero-order valence-corrected chi connectivity index (χ0v) is 9.82. The average Bonchev–Trinajstić information content (AvgIpc) is 2.66. The summed E-state index contributed by atoms with van der Waals surface area (Å²) >= 11 is 0. The van der Waals surface area contributed by atoms with Crippen molar-refractivity contribution < 1.29 is 9.53 Å². The number of allylic oxidation sites excluding steroid dienone is 2. The van der Waals surface area contributed by atoms with E-state index in [1.807, 2.05) is 25.1 Å². The lowest BCUT2D eigenvalue weighted by molar-refractivity contribution is -0.133. The number of fused-ring (bicyclic) bond motifs is 1. The number of rotatable bonds is 1. The third kappa shape index (κ3) is 1.60. The Kier molecular flexibility index (Phi) is 2.36. The van der Waals surface area contributed by atoms with Crippen LogP contribution in [0.2, 0.25) is 0 Å². The minimum Gasteiger partial charge on any atom is -0.427 e. The summed E-state index contributed by atoms with van der Waals surface area (Å²) in [5.74, 6) is 0.620. The zero-order chi connectivity index (χ0) is 11.8. The quantitative estimate of drug-likeness (QED) is 0.685. The molecule has 0 spiro atoms. The van der Waals surface area contributed by atoms with Crippen molar-refractivity contribution in [3.63, 3.8) is 0 Å². The van der Waals surface area contributed by atoms with E-state index in [0.29, 0.717) is 0 Å². The second-order valence-electron chi connectivity index (χ2n) is 4.50. The van der Waals surface area contributed by atoms with Crippen molar-refractivity contribution in [2.75, 3.05) is 0 Å². The number of cyclic esters (lactones) is 1. The summed E-state index contributed by atoms with van der Waals surface area (Å²) < 4.78 is 5.24. The molecule has 0 saturated carbocycles. The van der Waals surface area contributed by atoms with Crippen LogP contribution in [0.1, 0.15) is 31.7 Å². The van der Waals surface area contributed by atoms with Crippen LogP contribution < -0.4 is 0 Å². The molecule has 0 saturated heterocycles. The SMILES string of the molecule is CC1=C2CCCC(c3ccccc3)=C2C(=O)O1. The van der Waals surface area contributed by atoms with Gasteiger partial charge in [-0.25, -0.2) is 4.79 Å². The minimum absolute atomic E-state index is 0.170. The highest BCUT2D eigenvalue weighted by Crippen LogP contribution is 2.41. The third-order valence-electron chi connectivity index (χ3n) is 3.45. The molecule has 1 heterocycles. The van der Waals surface area contributed by atoms with E-state index in [-0.39, 0.29) is 5.97 Å². The third-order valence-corrected chi connectivity index (χ3v) is 3.45. The van der Waals surface area contributed by atoms with Crippen molar-refractivity contribution in [1.82, 2.24) is 0 Å². The van der Waals surface area contributed by atoms with Gasteiger partial charge in [0.15, 0.2) is 0 Å². The molecule has 0 amide bonds. The van der Waals surface area contributed by atoms with Gasteiger partial charge in [-0.15, -0.1) is 0 Å². The number of esters is 1. The summed E-state index contributed by atoms with van der Waals surface area (Å²) in [6, 6.07) is 10.1. The monoisotopic (exact) mass is 226 g/mol. The maximum atomic E-state index is 11.9. The molecule has 0 radical (unpaired) electrons. The summed E-state index contributed by atoms with van der Waals surface area (Å²) in [5.41, 5.74) is 4.22. The van der Waals surface area contributed by atoms with Gasteiger partial charge in [0, 0.05) is 5.57 Å². The van der Waals surface area contributed by atoms with Crippen molar-refractivity contribution >= 4 is 11.5 Å². The van der Waals surface area contributed by atoms with Gasteiger partial charge in [-0.3, -0.25) is 0 Å². The highest BCUT2D eigenvalue weighted by atomic mass is 16.5. The van der Waals surface area contributed by atoms with Crippen LogP contribution in [0, 0.1) is 0 Å². The first-order valence-electron chi connectivity index (χ1n) is 5.98. The Hall–Kier alpha value is -1.83. The first-order valence-corrected chi connectivity index (χ1v) is 5.98. The molecule has 1 aromatic carbocycles. The van der Waals surface area contributed by atoms with Crippen molar-refractivity contribution in [3.05, 3.63) is 52.8 Å². The molecule has 86 valence electrons. The normalized spacial score (nSPS) is 19.5. The summed E-state index contributed by atoms with van der Waals surface area (Å²) in [5, 5.41) is 0. The molecule has 0 fully saturated rings. The van der Waals surface area contributed by atoms with Crippen molar-refractivity contribution in [2.45, 2.75) is 26.2 Å². The summed E-state index contributed by atoms with van der Waals surface area (Å²) in [6.07, 6.45) is 3.02. The molecule has 0 N–H and O–H groups in total. The lowest BCUT2D eigenvalue weighted by Gasteiger charge is -2.17. The predicted molar refractivity (Wildman–Crippen MR) is 66.0 cm³/mol. The molecule has 3 rings (SSSR count). The number of carbonyl (C=O) groups excluding carboxylic acids is 1. The molecule has 0 bridgehead atoms. The van der Waals surface area contributed by atoms with Crippen LogP contribution in [0.4, 0.5) is 0 Å². The van der Waals surface area contributed by atoms with Gasteiger partial charge >= 0.3 is 5.97 Å². The highest BCUT2D eigenvalue weighted by Gasteiger charge is 2.32. The standard InChI is InChI=1S/C15H14O2/c1-10-12-8-5-9-13(14(12)15(16)17-10)11-6-3-2-4-7-11/h2-4,6-7H,5,8-9H2,1H3. The van der Waals surface area contributed by atoms with Crippen molar-refractivity contribution in [1.29, 1.82) is 0 Å². The van der Waals surface area contributed by atoms with Crippen LogP contribution in [0.3, 0.4) is 0 Å². The van der Waals surface area contributed by atoms with E-state index < -0.39 is 0 Å². The number of hydrogen-bond acceptors (Lipinski definition) is 2. The van der Waals surface area contributed by atoms with Gasteiger partial charge in [0.1, 0.15) is 5.76 Å². The Morgan fingerprint density at radius 3 is 2.53 bits per heavy atom. The Morgan fingerprint density at radius 2 is 1.76 bits per heavy atom. The van der Waals surface area contributed by atoms with Crippen LogP contribution >= 0.6 is 0 Å². The molecular formula is C15H14O2. The van der Waals surface area contributed by atoms with Gasteiger partial charge < -0.3 is 4.74 Å². The first-order chi connectivity index (χ1) is 8.27. The van der Waals surface area contributed by atoms with Gasteiger partial charge in [0.05, 0.1) is 5.57 Å². The Labute approximate surface area is 101 Å². The molecule has 0 aromatic heterocycles. The average molecular weight is 226 g/mol. The van der Waals surface area contributed by atoms with Crippen molar-refractivity contribution in [3.8, 4) is 0 Å². The molecule has 2 heteroatoms. The minimum atomic E-state index is -0.170. The highest BCUT2D eigenvalue weighted by molar-refractivity contribution is 6.05. The van der Waals surface area contributed by atoms with Gasteiger partial charge in [-0.2, -0.15) is 0 Å². The van der Waals surface area contributed by atoms with E-state index in [1.165, 1.54) is 0 Å². The molecular weight excluding hydrogens is 212 g/mol. The topological polar surface area (TPSA) is 26.3 Å². The fraction of sp³-hybridized carbons (Fsp3) is 0.267. The van der Waals surface area contributed by atoms with E-state index in [9.17, 15) is 4.79 Å². The van der Waals surface area contributed by atoms with E-state index in [1.54, 1.807) is 0 Å². The largest absolute Gasteiger partial charge is 0.427 e. The van der Waals surface area contributed by atoms with Crippen LogP contribution in [-0.4, -0.2) is 5.97 Å². The maximum absolute atomic E-state index is 11.9. The molecule has 2 aliphatic rings. The number of benzene rings is 1. The lowest BCUT2D eigenvalue weighted by Crippen LogP contribution is -2.07. The fourth-order valence-corrected chi connectivity index (χ4v) is 2.65. The smallest absolute Gasteiger partial charge is 0.343 e. The molecule has 1 aromatic rings. The van der Waals surface area contributed by atoms with Crippen LogP contribution in [0.5, 0.6) is 0 Å². The predicted octanol–water partition coefficient (Wildman–Crippen LogP) is 3.45. The van der Waals surface area contributed by atoms with Gasteiger partial charge in [0.25, 0.3) is 0 Å². The van der Waals surface area contributed by atoms with Crippen LogP contribution in [0.25, 0.3) is 5.57 Å². The van der Waals surface area contributed by atoms with Gasteiger partial charge in [-0.05, 0) is 37.3 Å². The molecule has 0 atom stereocenters. The number of ether oxygens (including phenoxy) is 1. The molecule has 1 aliphatic carbocycles. The molecule has 2 nitrogen and oxygen atoms in total. The Bertz CT molecular complexity index is 535. The summed E-state index contributed by atoms with van der Waals surface area (Å²) in [7, 11) is 0. The molecule has 0 unspecified atom stereocenters. The second kappa shape index (κ2) is 3.88. The van der Waals surface area contributed by atoms with Gasteiger partial charge in [-0.1, -0.05) is 30.3 Å². The summed E-state index contributed by atoms with van der Waals surface area (Å²) in [4.78, 5) is 11.9. The molecule has 1 aliphatic heterocycles. The van der Waals surface area contributed by atoms with E-state index in [0.717, 1.165) is 47.3 Å². The zero-order valence-electron chi connectivity index (χ0n) is 9.82. The molecule has 17 heavy (non-hydrogen) atoms. The van der Waals surface area contributed by atoms with E-state index in [2.05, 4.69) is 12.1 Å². The van der Waals surface area contributed by atoms with Crippen molar-refractivity contribution in [2.24, 2.45) is 0 Å². The van der Waals surface area contributed by atoms with Crippen LogP contribution in [0.15, 0.2) is 47.2 Å². The second-order valence-corrected chi connectivity index (χ2v) is 4.50. The Morgan fingerprint density at radius 1 is 1.06 bits per heavy atom. The lowest BCUT2D eigenvalue weighted by atomic mass is 9.84.